The third-order valence-corrected chi connectivity index (χ3v) is 4.83. The third-order valence-electron chi connectivity index (χ3n) is 4.83. The van der Waals surface area contributed by atoms with Crippen molar-refractivity contribution in [2.45, 2.75) is 25.7 Å². The van der Waals surface area contributed by atoms with Gasteiger partial charge in [0.1, 0.15) is 17.1 Å². The lowest BCUT2D eigenvalue weighted by Gasteiger charge is -2.10. The van der Waals surface area contributed by atoms with E-state index < -0.39 is 24.2 Å². The first-order chi connectivity index (χ1) is 14.6. The molecule has 0 spiro atoms. The maximum atomic E-state index is 13.4. The molecular formula is C22H21FN2O5. The number of halogens is 1. The lowest BCUT2D eigenvalue weighted by molar-refractivity contribution is -0.131. The maximum absolute atomic E-state index is 13.4. The lowest BCUT2D eigenvalue weighted by atomic mass is 9.96. The zero-order valence-electron chi connectivity index (χ0n) is 16.2. The van der Waals surface area contributed by atoms with Crippen LogP contribution in [0.15, 0.2) is 46.9 Å². The molecule has 7 nitrogen and oxygen atoms in total. The van der Waals surface area contributed by atoms with Crippen LogP contribution in [0.2, 0.25) is 0 Å². The number of aryl methyl sites for hydroxylation is 2. The first kappa shape index (κ1) is 19.8. The molecule has 0 aliphatic heterocycles. The Kier molecular flexibility index (Phi) is 5.83. The smallest absolute Gasteiger partial charge is 0.276 e. The van der Waals surface area contributed by atoms with Crippen LogP contribution in [0.1, 0.15) is 24.2 Å². The Balaban J connectivity index is 1.24. The van der Waals surface area contributed by atoms with Gasteiger partial charge in [0.05, 0.1) is 0 Å². The standard InChI is InChI=1S/C22H21FN2O5/c23-17-6-2-4-8-20(17)29-13-22(27)25-24-21(26)12-28-14-9-10-19-16(11-14)15-5-1-3-7-18(15)30-19/h2,4,6,8-11H,1,3,5,7,12-13H2,(H,24,26)(H,25,27). The van der Waals surface area contributed by atoms with E-state index in [-0.39, 0.29) is 12.4 Å². The van der Waals surface area contributed by atoms with Crippen molar-refractivity contribution in [3.63, 3.8) is 0 Å². The molecule has 1 aliphatic carbocycles. The van der Waals surface area contributed by atoms with Gasteiger partial charge in [-0.15, -0.1) is 0 Å². The van der Waals surface area contributed by atoms with Crippen LogP contribution < -0.4 is 20.3 Å². The number of ether oxygens (including phenoxy) is 2. The summed E-state index contributed by atoms with van der Waals surface area (Å²) >= 11 is 0. The van der Waals surface area contributed by atoms with Crippen molar-refractivity contribution in [3.8, 4) is 11.5 Å². The van der Waals surface area contributed by atoms with Crippen LogP contribution in [0.5, 0.6) is 11.5 Å². The topological polar surface area (TPSA) is 89.8 Å². The molecule has 2 aromatic carbocycles. The number of fused-ring (bicyclic) bond motifs is 3. The molecule has 0 atom stereocenters. The van der Waals surface area contributed by atoms with Crippen molar-refractivity contribution in [2.24, 2.45) is 0 Å². The van der Waals surface area contributed by atoms with E-state index in [1.54, 1.807) is 12.1 Å². The van der Waals surface area contributed by atoms with E-state index in [0.29, 0.717) is 5.75 Å². The van der Waals surface area contributed by atoms with Crippen LogP contribution in [-0.4, -0.2) is 25.0 Å². The molecule has 1 aromatic heterocycles. The number of para-hydroxylation sites is 1. The van der Waals surface area contributed by atoms with Crippen LogP contribution in [-0.2, 0) is 22.4 Å². The Morgan fingerprint density at radius 1 is 0.967 bits per heavy atom. The molecule has 2 amide bonds. The highest BCUT2D eigenvalue weighted by Gasteiger charge is 2.18. The molecule has 0 bridgehead atoms. The van der Waals surface area contributed by atoms with E-state index >= 15 is 0 Å². The summed E-state index contributed by atoms with van der Waals surface area (Å²) in [5.74, 6) is -0.202. The van der Waals surface area contributed by atoms with Gasteiger partial charge in [-0.1, -0.05) is 12.1 Å². The van der Waals surface area contributed by atoms with Crippen molar-refractivity contribution < 1.29 is 27.9 Å². The first-order valence-electron chi connectivity index (χ1n) is 9.72. The van der Waals surface area contributed by atoms with Crippen molar-refractivity contribution in [1.82, 2.24) is 10.9 Å². The second kappa shape index (κ2) is 8.86. The predicted molar refractivity (Wildman–Crippen MR) is 107 cm³/mol. The van der Waals surface area contributed by atoms with Gasteiger partial charge < -0.3 is 13.9 Å². The molecule has 0 unspecified atom stereocenters. The largest absolute Gasteiger partial charge is 0.484 e. The summed E-state index contributed by atoms with van der Waals surface area (Å²) in [5, 5.41) is 1.02. The van der Waals surface area contributed by atoms with Crippen molar-refractivity contribution >= 4 is 22.8 Å². The highest BCUT2D eigenvalue weighted by Crippen LogP contribution is 2.33. The molecule has 1 aliphatic rings. The fourth-order valence-electron chi connectivity index (χ4n) is 3.40. The van der Waals surface area contributed by atoms with Crippen molar-refractivity contribution in [1.29, 1.82) is 0 Å². The molecule has 8 heteroatoms. The van der Waals surface area contributed by atoms with Crippen LogP contribution >= 0.6 is 0 Å². The quantitative estimate of drug-likeness (QED) is 0.608. The van der Waals surface area contributed by atoms with Crippen molar-refractivity contribution in [3.05, 3.63) is 59.6 Å². The fraction of sp³-hybridized carbons (Fsp3) is 0.273. The fourth-order valence-corrected chi connectivity index (χ4v) is 3.40. The predicted octanol–water partition coefficient (Wildman–Crippen LogP) is 3.06. The molecule has 0 saturated heterocycles. The van der Waals surface area contributed by atoms with Gasteiger partial charge in [0, 0.05) is 17.4 Å². The molecule has 1 heterocycles. The Hall–Kier alpha value is -3.55. The number of nitrogens with one attached hydrogen (secondary N) is 2. The van der Waals surface area contributed by atoms with E-state index in [1.165, 1.54) is 23.8 Å². The van der Waals surface area contributed by atoms with Gasteiger partial charge in [-0.3, -0.25) is 20.4 Å². The van der Waals surface area contributed by atoms with E-state index in [4.69, 9.17) is 13.9 Å². The van der Waals surface area contributed by atoms with Gasteiger partial charge in [-0.25, -0.2) is 4.39 Å². The zero-order valence-corrected chi connectivity index (χ0v) is 16.2. The normalized spacial score (nSPS) is 12.8. The number of furan rings is 1. The van der Waals surface area contributed by atoms with Crippen LogP contribution in [0.3, 0.4) is 0 Å². The van der Waals surface area contributed by atoms with Gasteiger partial charge in [0.15, 0.2) is 24.8 Å². The van der Waals surface area contributed by atoms with Crippen LogP contribution in [0.4, 0.5) is 4.39 Å². The molecular weight excluding hydrogens is 391 g/mol. The number of hydrogen-bond donors (Lipinski definition) is 2. The Labute approximate surface area is 172 Å². The Bertz CT molecular complexity index is 1080. The minimum atomic E-state index is -0.627. The zero-order chi connectivity index (χ0) is 20.9. The summed E-state index contributed by atoms with van der Waals surface area (Å²) in [5.41, 5.74) is 6.46. The minimum Gasteiger partial charge on any atom is -0.484 e. The summed E-state index contributed by atoms with van der Waals surface area (Å²) in [6.07, 6.45) is 4.19. The average molecular weight is 412 g/mol. The number of hydrogen-bond acceptors (Lipinski definition) is 5. The molecule has 4 rings (SSSR count). The highest BCUT2D eigenvalue weighted by molar-refractivity contribution is 5.85. The lowest BCUT2D eigenvalue weighted by Crippen LogP contribution is -2.45. The van der Waals surface area contributed by atoms with Crippen molar-refractivity contribution in [2.75, 3.05) is 13.2 Å². The van der Waals surface area contributed by atoms with E-state index in [1.807, 2.05) is 12.1 Å². The number of rotatable bonds is 6. The summed E-state index contributed by atoms with van der Waals surface area (Å²) in [6, 6.07) is 11.2. The molecule has 2 N–H and O–H groups in total. The molecule has 0 radical (unpaired) electrons. The Morgan fingerprint density at radius 3 is 2.50 bits per heavy atom. The van der Waals surface area contributed by atoms with Crippen LogP contribution in [0.25, 0.3) is 11.0 Å². The van der Waals surface area contributed by atoms with Gasteiger partial charge in [-0.05, 0) is 49.6 Å². The average Bonchev–Trinajstić information content (AvgIpc) is 3.13. The maximum Gasteiger partial charge on any atom is 0.276 e. The highest BCUT2D eigenvalue weighted by atomic mass is 19.1. The number of carbonyl (C=O) groups is 2. The molecule has 156 valence electrons. The number of amides is 2. The monoisotopic (exact) mass is 412 g/mol. The van der Waals surface area contributed by atoms with Gasteiger partial charge in [0.2, 0.25) is 0 Å². The SMILES string of the molecule is O=C(COc1ccc2oc3c(c2c1)CCCC3)NNC(=O)COc1ccccc1F. The summed E-state index contributed by atoms with van der Waals surface area (Å²) < 4.78 is 29.9. The van der Waals surface area contributed by atoms with Gasteiger partial charge in [0.25, 0.3) is 11.8 Å². The second-order valence-corrected chi connectivity index (χ2v) is 6.97. The first-order valence-corrected chi connectivity index (χ1v) is 9.72. The molecule has 0 saturated carbocycles. The van der Waals surface area contributed by atoms with E-state index in [9.17, 15) is 14.0 Å². The second-order valence-electron chi connectivity index (χ2n) is 6.97. The summed E-state index contributed by atoms with van der Waals surface area (Å²) in [7, 11) is 0. The number of benzene rings is 2. The van der Waals surface area contributed by atoms with Gasteiger partial charge in [-0.2, -0.15) is 0 Å². The van der Waals surface area contributed by atoms with Gasteiger partial charge >= 0.3 is 0 Å². The molecule has 30 heavy (non-hydrogen) atoms. The summed E-state index contributed by atoms with van der Waals surface area (Å²) in [6.45, 7) is -0.718. The Morgan fingerprint density at radius 2 is 1.70 bits per heavy atom. The van der Waals surface area contributed by atoms with Crippen LogP contribution in [0, 0.1) is 5.82 Å². The minimum absolute atomic E-state index is 0.0425. The number of hydrazine groups is 1. The van der Waals surface area contributed by atoms with E-state index in [0.717, 1.165) is 42.4 Å². The summed E-state index contributed by atoms with van der Waals surface area (Å²) in [4.78, 5) is 23.7. The van der Waals surface area contributed by atoms with E-state index in [2.05, 4.69) is 10.9 Å². The molecule has 3 aromatic rings. The number of carbonyl (C=O) groups excluding carboxylic acids is 2. The third kappa shape index (κ3) is 4.53. The molecule has 0 fully saturated rings.